The maximum atomic E-state index is 6.27. The minimum Gasteiger partial charge on any atom is -0.494 e. The van der Waals surface area contributed by atoms with E-state index in [1.54, 1.807) is 29.8 Å². The van der Waals surface area contributed by atoms with E-state index in [-0.39, 0.29) is 0 Å². The Kier molecular flexibility index (Phi) is 4.76. The van der Waals surface area contributed by atoms with E-state index in [2.05, 4.69) is 28.9 Å². The first kappa shape index (κ1) is 18.9. The van der Waals surface area contributed by atoms with Crippen molar-refractivity contribution in [3.05, 3.63) is 40.4 Å². The maximum Gasteiger partial charge on any atom is 0.186 e. The van der Waals surface area contributed by atoms with E-state index in [0.717, 1.165) is 63.8 Å². The lowest BCUT2D eigenvalue weighted by Crippen LogP contribution is -2.46. The molecule has 0 saturated carbocycles. The van der Waals surface area contributed by atoms with Gasteiger partial charge in [0, 0.05) is 31.2 Å². The summed E-state index contributed by atoms with van der Waals surface area (Å²) in [6.07, 6.45) is 0. The van der Waals surface area contributed by atoms with Crippen LogP contribution < -0.4 is 14.5 Å². The summed E-state index contributed by atoms with van der Waals surface area (Å²) in [5.41, 5.74) is 4.29. The van der Waals surface area contributed by atoms with E-state index in [4.69, 9.17) is 26.3 Å². The number of nitrogens with zero attached hydrogens (tertiary/aromatic N) is 4. The van der Waals surface area contributed by atoms with Gasteiger partial charge in [0.15, 0.2) is 10.3 Å². The summed E-state index contributed by atoms with van der Waals surface area (Å²) < 4.78 is 7.91. The molecule has 150 valence electrons. The molecule has 1 saturated heterocycles. The Hall–Kier alpha value is -2.09. The first-order valence-corrected chi connectivity index (χ1v) is 11.6. The number of thiazole rings is 2. The third-order valence-electron chi connectivity index (χ3n) is 5.47. The van der Waals surface area contributed by atoms with Gasteiger partial charge in [0.2, 0.25) is 0 Å². The van der Waals surface area contributed by atoms with Crippen molar-refractivity contribution in [2.24, 2.45) is 0 Å². The number of rotatable bonds is 3. The van der Waals surface area contributed by atoms with Crippen LogP contribution in [0.25, 0.3) is 20.4 Å². The zero-order valence-corrected chi connectivity index (χ0v) is 18.9. The number of piperazine rings is 1. The van der Waals surface area contributed by atoms with Crippen molar-refractivity contribution in [3.8, 4) is 5.75 Å². The van der Waals surface area contributed by atoms with E-state index in [1.807, 2.05) is 19.1 Å². The summed E-state index contributed by atoms with van der Waals surface area (Å²) in [5, 5.41) is 2.92. The van der Waals surface area contributed by atoms with Crippen molar-refractivity contribution in [1.82, 2.24) is 9.97 Å². The molecular weight excluding hydrogens is 424 g/mol. The molecule has 0 N–H and O–H groups in total. The number of aromatic nitrogens is 2. The van der Waals surface area contributed by atoms with Crippen LogP contribution in [0.4, 0.5) is 10.3 Å². The Morgan fingerprint density at radius 3 is 2.24 bits per heavy atom. The fourth-order valence-corrected chi connectivity index (χ4v) is 6.04. The summed E-state index contributed by atoms with van der Waals surface area (Å²) >= 11 is 9.76. The van der Waals surface area contributed by atoms with Crippen LogP contribution in [0, 0.1) is 13.8 Å². The average molecular weight is 445 g/mol. The topological polar surface area (TPSA) is 41.5 Å². The van der Waals surface area contributed by atoms with Crippen LogP contribution in [0.1, 0.15) is 11.1 Å². The third kappa shape index (κ3) is 3.21. The standard InChI is InChI=1S/C21H21ClN4OS2/c1-12-4-6-15(27-3)18-19(12)29-21(24-18)26-10-8-25(9-11-26)20-23-17-13(2)14(22)5-7-16(17)28-20/h4-7H,8-11H2,1-3H3. The van der Waals surface area contributed by atoms with Gasteiger partial charge in [0.25, 0.3) is 0 Å². The summed E-state index contributed by atoms with van der Waals surface area (Å²) in [7, 11) is 1.70. The Balaban J connectivity index is 1.37. The van der Waals surface area contributed by atoms with Gasteiger partial charge in [-0.2, -0.15) is 0 Å². The lowest BCUT2D eigenvalue weighted by molar-refractivity contribution is 0.419. The summed E-state index contributed by atoms with van der Waals surface area (Å²) in [6, 6.07) is 8.13. The molecule has 0 unspecified atom stereocenters. The highest BCUT2D eigenvalue weighted by Crippen LogP contribution is 2.38. The number of benzene rings is 2. The van der Waals surface area contributed by atoms with Crippen LogP contribution >= 0.6 is 34.3 Å². The van der Waals surface area contributed by atoms with Crippen LogP contribution in [0.3, 0.4) is 0 Å². The minimum atomic E-state index is 0.778. The van der Waals surface area contributed by atoms with Gasteiger partial charge in [-0.25, -0.2) is 9.97 Å². The molecule has 29 heavy (non-hydrogen) atoms. The minimum absolute atomic E-state index is 0.778. The van der Waals surface area contributed by atoms with Crippen LogP contribution in [0.2, 0.25) is 5.02 Å². The van der Waals surface area contributed by atoms with E-state index < -0.39 is 0 Å². The molecule has 1 aliphatic heterocycles. The molecule has 0 radical (unpaired) electrons. The SMILES string of the molecule is COc1ccc(C)c2sc(N3CCN(c4nc5c(C)c(Cl)ccc5s4)CC3)nc12. The fraction of sp³-hybridized carbons (Fsp3) is 0.333. The first-order valence-electron chi connectivity index (χ1n) is 9.55. The predicted octanol–water partition coefficient (Wildman–Crippen LogP) is 5.51. The van der Waals surface area contributed by atoms with Gasteiger partial charge in [0.05, 0.1) is 22.0 Å². The zero-order chi connectivity index (χ0) is 20.1. The molecule has 5 nitrogen and oxygen atoms in total. The van der Waals surface area contributed by atoms with Crippen molar-refractivity contribution in [2.45, 2.75) is 13.8 Å². The molecule has 1 fully saturated rings. The number of hydrogen-bond acceptors (Lipinski definition) is 7. The predicted molar refractivity (Wildman–Crippen MR) is 125 cm³/mol. The highest BCUT2D eigenvalue weighted by atomic mass is 35.5. The molecule has 1 aliphatic rings. The Labute approximate surface area is 182 Å². The summed E-state index contributed by atoms with van der Waals surface area (Å²) in [4.78, 5) is 14.5. The molecule has 2 aromatic heterocycles. The van der Waals surface area contributed by atoms with Crippen molar-refractivity contribution in [1.29, 1.82) is 0 Å². The number of aryl methyl sites for hydroxylation is 2. The number of halogens is 1. The first-order chi connectivity index (χ1) is 14.0. The van der Waals surface area contributed by atoms with E-state index in [1.165, 1.54) is 15.0 Å². The molecular formula is C21H21ClN4OS2. The fourth-order valence-electron chi connectivity index (χ4n) is 3.71. The van der Waals surface area contributed by atoms with Crippen molar-refractivity contribution in [2.75, 3.05) is 43.1 Å². The van der Waals surface area contributed by atoms with Gasteiger partial charge in [-0.15, -0.1) is 0 Å². The van der Waals surface area contributed by atoms with Crippen LogP contribution in [-0.4, -0.2) is 43.3 Å². The number of anilines is 2. The molecule has 0 bridgehead atoms. The molecule has 8 heteroatoms. The highest BCUT2D eigenvalue weighted by Gasteiger charge is 2.23. The van der Waals surface area contributed by atoms with E-state index in [9.17, 15) is 0 Å². The van der Waals surface area contributed by atoms with Gasteiger partial charge in [-0.3, -0.25) is 0 Å². The normalized spacial score (nSPS) is 14.9. The largest absolute Gasteiger partial charge is 0.494 e. The van der Waals surface area contributed by atoms with Crippen LogP contribution in [-0.2, 0) is 0 Å². The van der Waals surface area contributed by atoms with Gasteiger partial charge in [-0.1, -0.05) is 40.3 Å². The monoisotopic (exact) mass is 444 g/mol. The number of fused-ring (bicyclic) bond motifs is 2. The van der Waals surface area contributed by atoms with Crippen LogP contribution in [0.5, 0.6) is 5.75 Å². The second-order valence-corrected chi connectivity index (χ2v) is 9.64. The smallest absolute Gasteiger partial charge is 0.186 e. The maximum absolute atomic E-state index is 6.27. The van der Waals surface area contributed by atoms with Gasteiger partial charge in [-0.05, 0) is 43.2 Å². The van der Waals surface area contributed by atoms with Gasteiger partial charge in [0.1, 0.15) is 11.3 Å². The summed E-state index contributed by atoms with van der Waals surface area (Å²) in [5.74, 6) is 0.843. The van der Waals surface area contributed by atoms with Crippen molar-refractivity contribution in [3.63, 3.8) is 0 Å². The van der Waals surface area contributed by atoms with Crippen LogP contribution in [0.15, 0.2) is 24.3 Å². The Morgan fingerprint density at radius 2 is 1.55 bits per heavy atom. The molecule has 0 aliphatic carbocycles. The Morgan fingerprint density at radius 1 is 0.897 bits per heavy atom. The molecule has 0 amide bonds. The third-order valence-corrected chi connectivity index (χ3v) is 8.21. The molecule has 2 aromatic carbocycles. The van der Waals surface area contributed by atoms with Crippen molar-refractivity contribution >= 4 is 65.0 Å². The second kappa shape index (κ2) is 7.31. The van der Waals surface area contributed by atoms with E-state index >= 15 is 0 Å². The quantitative estimate of drug-likeness (QED) is 0.416. The molecule has 0 atom stereocenters. The van der Waals surface area contributed by atoms with E-state index in [0.29, 0.717) is 0 Å². The molecule has 3 heterocycles. The Bertz CT molecular complexity index is 1210. The van der Waals surface area contributed by atoms with Crippen molar-refractivity contribution < 1.29 is 4.74 Å². The molecule has 4 aromatic rings. The number of hydrogen-bond donors (Lipinski definition) is 0. The lowest BCUT2D eigenvalue weighted by atomic mass is 10.2. The van der Waals surface area contributed by atoms with Gasteiger partial charge < -0.3 is 14.5 Å². The lowest BCUT2D eigenvalue weighted by Gasteiger charge is -2.34. The highest BCUT2D eigenvalue weighted by molar-refractivity contribution is 7.22. The zero-order valence-electron chi connectivity index (χ0n) is 16.5. The second-order valence-electron chi connectivity index (χ2n) is 7.25. The number of methoxy groups -OCH3 is 1. The summed E-state index contributed by atoms with van der Waals surface area (Å²) in [6.45, 7) is 7.88. The van der Waals surface area contributed by atoms with Gasteiger partial charge >= 0.3 is 0 Å². The molecule has 0 spiro atoms. The average Bonchev–Trinajstić information content (AvgIpc) is 3.37. The molecule has 5 rings (SSSR count). The number of ether oxygens (including phenoxy) is 1.